The van der Waals surface area contributed by atoms with Gasteiger partial charge in [0.15, 0.2) is 0 Å². The number of rotatable bonds is 4. The fourth-order valence-corrected chi connectivity index (χ4v) is 1.41. The first-order valence-corrected chi connectivity index (χ1v) is 5.93. The second-order valence-electron chi connectivity index (χ2n) is 4.51. The molecule has 0 fully saturated rings. The van der Waals surface area contributed by atoms with Crippen LogP contribution >= 0.6 is 0 Å². The maximum atomic E-state index is 5.42. The topological polar surface area (TPSA) is 62.4 Å². The molecule has 4 heteroatoms. The fourth-order valence-electron chi connectivity index (χ4n) is 1.41. The number of hydrogen-bond acceptors (Lipinski definition) is 2. The van der Waals surface area contributed by atoms with Gasteiger partial charge in [0.1, 0.15) is 0 Å². The Balaban J connectivity index is 2.58. The smallest absolute Gasteiger partial charge is 0.206 e. The van der Waals surface area contributed by atoms with Gasteiger partial charge in [0.05, 0.1) is 6.54 Å². The molecule has 0 heterocycles. The molecular formula is C13H22N4. The molecule has 0 saturated heterocycles. The molecule has 0 aliphatic carbocycles. The van der Waals surface area contributed by atoms with E-state index in [1.54, 1.807) is 0 Å². The molecule has 4 nitrogen and oxygen atoms in total. The highest BCUT2D eigenvalue weighted by molar-refractivity contribution is 5.79. The zero-order chi connectivity index (χ0) is 12.7. The number of hydrazine groups is 1. The summed E-state index contributed by atoms with van der Waals surface area (Å²) in [5, 5.41) is 3.17. The van der Waals surface area contributed by atoms with Crippen molar-refractivity contribution in [3.05, 3.63) is 35.4 Å². The van der Waals surface area contributed by atoms with E-state index >= 15 is 0 Å². The maximum absolute atomic E-state index is 5.42. The van der Waals surface area contributed by atoms with Crippen LogP contribution in [0.5, 0.6) is 0 Å². The number of nitrogens with one attached hydrogen (secondary N) is 2. The average molecular weight is 234 g/mol. The van der Waals surface area contributed by atoms with Crippen molar-refractivity contribution < 1.29 is 0 Å². The lowest BCUT2D eigenvalue weighted by molar-refractivity contribution is 0.615. The number of hydrogen-bond donors (Lipinski definition) is 3. The standard InChI is InChI=1S/C13H22N4/c1-10(2)8-15-13(17-14)16-9-12-7-5-4-6-11(12)3/h4-7,10H,8-9,14H2,1-3H3,(H2,15,16,17). The van der Waals surface area contributed by atoms with Crippen LogP contribution in [-0.4, -0.2) is 12.5 Å². The Morgan fingerprint density at radius 2 is 2.06 bits per heavy atom. The van der Waals surface area contributed by atoms with Crippen LogP contribution in [0.2, 0.25) is 0 Å². The zero-order valence-electron chi connectivity index (χ0n) is 10.8. The number of nitrogens with zero attached hydrogens (tertiary/aromatic N) is 1. The van der Waals surface area contributed by atoms with Gasteiger partial charge >= 0.3 is 0 Å². The van der Waals surface area contributed by atoms with Gasteiger partial charge in [0.2, 0.25) is 5.96 Å². The number of guanidine groups is 1. The van der Waals surface area contributed by atoms with E-state index in [0.717, 1.165) is 6.54 Å². The van der Waals surface area contributed by atoms with Crippen LogP contribution < -0.4 is 16.6 Å². The Kier molecular flexibility index (Phi) is 5.49. The minimum absolute atomic E-state index is 0.562. The van der Waals surface area contributed by atoms with Crippen LogP contribution in [0.1, 0.15) is 25.0 Å². The van der Waals surface area contributed by atoms with Crippen LogP contribution in [0.3, 0.4) is 0 Å². The lowest BCUT2D eigenvalue weighted by Gasteiger charge is -2.11. The van der Waals surface area contributed by atoms with Crippen LogP contribution in [0, 0.1) is 12.8 Å². The van der Waals surface area contributed by atoms with Crippen molar-refractivity contribution >= 4 is 5.96 Å². The van der Waals surface area contributed by atoms with Crippen LogP contribution in [0.25, 0.3) is 0 Å². The Labute approximate surface area is 103 Å². The molecular weight excluding hydrogens is 212 g/mol. The molecule has 0 aromatic heterocycles. The van der Waals surface area contributed by atoms with E-state index in [0.29, 0.717) is 18.4 Å². The Morgan fingerprint density at radius 3 is 2.65 bits per heavy atom. The van der Waals surface area contributed by atoms with E-state index < -0.39 is 0 Å². The van der Waals surface area contributed by atoms with Crippen molar-refractivity contribution in [3.8, 4) is 0 Å². The van der Waals surface area contributed by atoms with Gasteiger partial charge in [0, 0.05) is 6.54 Å². The summed E-state index contributed by atoms with van der Waals surface area (Å²) in [7, 11) is 0. The van der Waals surface area contributed by atoms with Crippen molar-refractivity contribution in [2.75, 3.05) is 6.54 Å². The molecule has 0 unspecified atom stereocenters. The summed E-state index contributed by atoms with van der Waals surface area (Å²) < 4.78 is 0. The van der Waals surface area contributed by atoms with Crippen LogP contribution in [0.4, 0.5) is 0 Å². The Hall–Kier alpha value is -1.55. The van der Waals surface area contributed by atoms with Crippen molar-refractivity contribution in [1.82, 2.24) is 10.7 Å². The van der Waals surface area contributed by atoms with E-state index in [1.807, 2.05) is 12.1 Å². The molecule has 94 valence electrons. The Bertz CT molecular complexity index is 371. The van der Waals surface area contributed by atoms with Gasteiger partial charge < -0.3 is 5.32 Å². The van der Waals surface area contributed by atoms with E-state index in [4.69, 9.17) is 5.84 Å². The molecule has 0 aliphatic heterocycles. The summed E-state index contributed by atoms with van der Waals surface area (Å²) in [6, 6.07) is 8.22. The van der Waals surface area contributed by atoms with Crippen molar-refractivity contribution in [2.24, 2.45) is 16.8 Å². The third-order valence-electron chi connectivity index (χ3n) is 2.48. The summed E-state index contributed by atoms with van der Waals surface area (Å²) in [6.07, 6.45) is 0. The highest BCUT2D eigenvalue weighted by Crippen LogP contribution is 2.07. The fraction of sp³-hybridized carbons (Fsp3) is 0.462. The van der Waals surface area contributed by atoms with E-state index in [-0.39, 0.29) is 0 Å². The Morgan fingerprint density at radius 1 is 1.35 bits per heavy atom. The van der Waals surface area contributed by atoms with Gasteiger partial charge in [0.25, 0.3) is 0 Å². The van der Waals surface area contributed by atoms with E-state index in [1.165, 1.54) is 11.1 Å². The molecule has 17 heavy (non-hydrogen) atoms. The van der Waals surface area contributed by atoms with E-state index in [2.05, 4.69) is 48.6 Å². The van der Waals surface area contributed by atoms with Crippen molar-refractivity contribution in [3.63, 3.8) is 0 Å². The predicted octanol–water partition coefficient (Wildman–Crippen LogP) is 1.56. The largest absolute Gasteiger partial charge is 0.355 e. The normalized spacial score (nSPS) is 11.7. The molecule has 1 aromatic rings. The first kappa shape index (κ1) is 13.5. The molecule has 0 radical (unpaired) electrons. The van der Waals surface area contributed by atoms with Gasteiger partial charge in [-0.15, -0.1) is 0 Å². The molecule has 0 bridgehead atoms. The number of benzene rings is 1. The van der Waals surface area contributed by atoms with Gasteiger partial charge in [-0.25, -0.2) is 10.8 Å². The molecule has 0 atom stereocenters. The second kappa shape index (κ2) is 6.91. The van der Waals surface area contributed by atoms with Crippen LogP contribution in [-0.2, 0) is 6.54 Å². The molecule has 0 amide bonds. The van der Waals surface area contributed by atoms with Gasteiger partial charge in [-0.3, -0.25) is 5.43 Å². The molecule has 0 saturated carbocycles. The zero-order valence-corrected chi connectivity index (χ0v) is 10.8. The summed E-state index contributed by atoms with van der Waals surface area (Å²) in [5.74, 6) is 6.62. The summed E-state index contributed by atoms with van der Waals surface area (Å²) >= 11 is 0. The highest BCUT2D eigenvalue weighted by atomic mass is 15.3. The third-order valence-corrected chi connectivity index (χ3v) is 2.48. The van der Waals surface area contributed by atoms with Gasteiger partial charge in [-0.2, -0.15) is 0 Å². The summed E-state index contributed by atoms with van der Waals surface area (Å²) in [5.41, 5.74) is 5.05. The van der Waals surface area contributed by atoms with Crippen molar-refractivity contribution in [1.29, 1.82) is 0 Å². The van der Waals surface area contributed by atoms with Crippen molar-refractivity contribution in [2.45, 2.75) is 27.3 Å². The molecule has 0 spiro atoms. The second-order valence-corrected chi connectivity index (χ2v) is 4.51. The minimum Gasteiger partial charge on any atom is -0.355 e. The molecule has 4 N–H and O–H groups in total. The number of aryl methyl sites for hydroxylation is 1. The molecule has 1 rings (SSSR count). The van der Waals surface area contributed by atoms with E-state index in [9.17, 15) is 0 Å². The number of aliphatic imine (C=N–C) groups is 1. The quantitative estimate of drug-likeness (QED) is 0.321. The van der Waals surface area contributed by atoms with Gasteiger partial charge in [-0.1, -0.05) is 38.1 Å². The first-order valence-electron chi connectivity index (χ1n) is 5.93. The lowest BCUT2D eigenvalue weighted by atomic mass is 10.1. The minimum atomic E-state index is 0.562. The monoisotopic (exact) mass is 234 g/mol. The number of nitrogens with two attached hydrogens (primary N) is 1. The summed E-state index contributed by atoms with van der Waals surface area (Å²) in [4.78, 5) is 4.41. The lowest BCUT2D eigenvalue weighted by Crippen LogP contribution is -2.42. The predicted molar refractivity (Wildman–Crippen MR) is 72.5 cm³/mol. The molecule has 1 aromatic carbocycles. The van der Waals surface area contributed by atoms with Crippen LogP contribution in [0.15, 0.2) is 29.3 Å². The third kappa shape index (κ3) is 4.87. The summed E-state index contributed by atoms with van der Waals surface area (Å²) in [6.45, 7) is 7.86. The maximum Gasteiger partial charge on any atom is 0.206 e. The average Bonchev–Trinajstić information content (AvgIpc) is 2.31. The van der Waals surface area contributed by atoms with Gasteiger partial charge in [-0.05, 0) is 24.0 Å². The molecule has 0 aliphatic rings. The first-order chi connectivity index (χ1) is 8.13. The SMILES string of the molecule is Cc1ccccc1CN=C(NN)NCC(C)C. The highest BCUT2D eigenvalue weighted by Gasteiger charge is 1.99.